The first-order valence-electron chi connectivity index (χ1n) is 12.4. The number of hydrogen-bond acceptors (Lipinski definition) is 6. The molecule has 6 N–H and O–H groups in total. The van der Waals surface area contributed by atoms with Crippen molar-refractivity contribution in [2.75, 3.05) is 6.54 Å². The number of hydrazone groups is 1. The Balaban J connectivity index is 1.59. The monoisotopic (exact) mass is 462 g/mol. The zero-order valence-corrected chi connectivity index (χ0v) is 20.0. The molecule has 0 radical (unpaired) electrons. The first-order valence-corrected chi connectivity index (χ1v) is 12.4. The van der Waals surface area contributed by atoms with Crippen molar-refractivity contribution in [3.05, 3.63) is 0 Å². The van der Waals surface area contributed by atoms with Gasteiger partial charge in [-0.05, 0) is 37.5 Å². The van der Waals surface area contributed by atoms with Crippen molar-refractivity contribution in [2.45, 2.75) is 83.7 Å². The number of carbonyl (C=O) groups is 2. The number of rotatable bonds is 1. The van der Waals surface area contributed by atoms with Gasteiger partial charge in [0.25, 0.3) is 0 Å². The van der Waals surface area contributed by atoms with Gasteiger partial charge in [-0.1, -0.05) is 27.7 Å². The first kappa shape index (κ1) is 23.1. The number of urea groups is 1. The van der Waals surface area contributed by atoms with E-state index in [1.54, 1.807) is 0 Å². The number of aliphatic hydroxyl groups excluding tert-OH is 2. The summed E-state index contributed by atoms with van der Waals surface area (Å²) in [5.41, 5.74) is 6.69. The van der Waals surface area contributed by atoms with Crippen molar-refractivity contribution < 1.29 is 24.5 Å². The van der Waals surface area contributed by atoms with Gasteiger partial charge in [-0.25, -0.2) is 10.2 Å². The minimum Gasteiger partial charge on any atom is -0.393 e. The molecule has 1 spiro atoms. The predicted octanol–water partition coefficient (Wildman–Crippen LogP) is 1.12. The van der Waals surface area contributed by atoms with E-state index in [0.29, 0.717) is 31.0 Å². The molecule has 184 valence electrons. The molecule has 2 aliphatic heterocycles. The van der Waals surface area contributed by atoms with E-state index in [4.69, 9.17) is 10.5 Å². The van der Waals surface area contributed by atoms with E-state index >= 15 is 0 Å². The third kappa shape index (κ3) is 3.04. The molecule has 3 saturated carbocycles. The average molecular weight is 463 g/mol. The number of nitrogens with one attached hydrogen (secondary N) is 2. The molecule has 10 unspecified atom stereocenters. The molecule has 9 heteroatoms. The van der Waals surface area contributed by atoms with E-state index in [1.807, 2.05) is 0 Å². The molecule has 9 nitrogen and oxygen atoms in total. The average Bonchev–Trinajstić information content (AvgIpc) is 3.08. The fourth-order valence-corrected chi connectivity index (χ4v) is 8.51. The molecule has 2 heterocycles. The molecule has 3 aliphatic carbocycles. The van der Waals surface area contributed by atoms with E-state index in [9.17, 15) is 19.8 Å². The largest absolute Gasteiger partial charge is 0.393 e. The van der Waals surface area contributed by atoms with Crippen LogP contribution >= 0.6 is 0 Å². The van der Waals surface area contributed by atoms with Gasteiger partial charge in [0.05, 0.1) is 29.6 Å². The second kappa shape index (κ2) is 7.39. The summed E-state index contributed by atoms with van der Waals surface area (Å²) in [5.74, 6) is 0.216. The fraction of sp³-hybridized carbons (Fsp3) is 0.875. The van der Waals surface area contributed by atoms with Crippen LogP contribution in [0.1, 0.15) is 59.8 Å². The van der Waals surface area contributed by atoms with Crippen molar-refractivity contribution in [3.8, 4) is 0 Å². The summed E-state index contributed by atoms with van der Waals surface area (Å²) in [6.07, 6.45) is 1.91. The molecule has 0 aromatic carbocycles. The minimum absolute atomic E-state index is 0.0106. The molecule has 0 aromatic heterocycles. The summed E-state index contributed by atoms with van der Waals surface area (Å²) in [4.78, 5) is 23.8. The molecule has 0 bridgehead atoms. The van der Waals surface area contributed by atoms with Crippen molar-refractivity contribution in [1.29, 1.82) is 0 Å². The number of nitrogens with two attached hydrogens (primary N) is 1. The first-order chi connectivity index (χ1) is 15.4. The summed E-state index contributed by atoms with van der Waals surface area (Å²) in [7, 11) is 0. The highest BCUT2D eigenvalue weighted by atomic mass is 16.5. The molecule has 5 rings (SSSR count). The third-order valence-electron chi connectivity index (χ3n) is 10.3. The van der Waals surface area contributed by atoms with Crippen LogP contribution in [0.2, 0.25) is 0 Å². The highest BCUT2D eigenvalue weighted by Crippen LogP contribution is 2.68. The van der Waals surface area contributed by atoms with Gasteiger partial charge in [0.1, 0.15) is 0 Å². The van der Waals surface area contributed by atoms with Crippen LogP contribution in [0.15, 0.2) is 5.10 Å². The Morgan fingerprint density at radius 3 is 2.64 bits per heavy atom. The molecule has 10 atom stereocenters. The molecule has 2 saturated heterocycles. The van der Waals surface area contributed by atoms with Gasteiger partial charge >= 0.3 is 6.03 Å². The molecule has 5 fully saturated rings. The maximum atomic E-state index is 12.5. The molecule has 33 heavy (non-hydrogen) atoms. The lowest BCUT2D eigenvalue weighted by Gasteiger charge is -2.70. The van der Waals surface area contributed by atoms with Crippen LogP contribution in [0.5, 0.6) is 0 Å². The van der Waals surface area contributed by atoms with Gasteiger partial charge in [-0.3, -0.25) is 4.79 Å². The van der Waals surface area contributed by atoms with Crippen molar-refractivity contribution in [2.24, 2.45) is 51.3 Å². The highest BCUT2D eigenvalue weighted by Gasteiger charge is 2.71. The van der Waals surface area contributed by atoms with Gasteiger partial charge in [-0.2, -0.15) is 5.10 Å². The maximum absolute atomic E-state index is 12.5. The van der Waals surface area contributed by atoms with Gasteiger partial charge < -0.3 is 26.0 Å². The van der Waals surface area contributed by atoms with E-state index in [2.05, 4.69) is 43.5 Å². The Kier molecular flexibility index (Phi) is 5.16. The van der Waals surface area contributed by atoms with E-state index in [-0.39, 0.29) is 41.1 Å². The van der Waals surface area contributed by atoms with Gasteiger partial charge in [0.15, 0.2) is 0 Å². The van der Waals surface area contributed by atoms with Crippen LogP contribution in [-0.2, 0) is 9.53 Å². The normalized spacial score (nSPS) is 51.6. The van der Waals surface area contributed by atoms with Gasteiger partial charge in [0, 0.05) is 41.5 Å². The second-order valence-electron chi connectivity index (χ2n) is 12.0. The summed E-state index contributed by atoms with van der Waals surface area (Å²) < 4.78 is 7.19. The molecule has 0 aromatic rings. The number of ether oxygens (including phenoxy) is 1. The van der Waals surface area contributed by atoms with E-state index < -0.39 is 29.3 Å². The SMILES string of the molecule is CC1CCC2C(C)(C)C(=NNC(N)=O)C(O)CC23OC2C(CC13C)C(O)CC1C(=O)NCC12. The third-order valence-corrected chi connectivity index (χ3v) is 10.3. The summed E-state index contributed by atoms with van der Waals surface area (Å²) in [6, 6.07) is -0.759. The van der Waals surface area contributed by atoms with E-state index in [0.717, 1.165) is 19.3 Å². The smallest absolute Gasteiger partial charge is 0.332 e. The van der Waals surface area contributed by atoms with Crippen molar-refractivity contribution in [1.82, 2.24) is 10.7 Å². The van der Waals surface area contributed by atoms with Crippen LogP contribution in [0.4, 0.5) is 4.79 Å². The standard InChI is InChI=1S/C24H38N4O5/c1-11-5-6-17-22(2,3)19(27-28-21(25)32)16(30)9-24(17)23(11,4)8-13-15(29)7-12-14(18(13)33-24)10-26-20(12)31/h11-18,29-30H,5-10H2,1-4H3,(H,26,31)(H3,25,28,32). The van der Waals surface area contributed by atoms with Crippen LogP contribution in [-0.4, -0.2) is 58.3 Å². The number of nitrogens with zero attached hydrogens (tertiary/aromatic N) is 1. The lowest BCUT2D eigenvalue weighted by molar-refractivity contribution is -0.323. The Bertz CT molecular complexity index is 892. The van der Waals surface area contributed by atoms with Crippen molar-refractivity contribution >= 4 is 17.6 Å². The number of amides is 3. The van der Waals surface area contributed by atoms with Crippen molar-refractivity contribution in [3.63, 3.8) is 0 Å². The lowest BCUT2D eigenvalue weighted by Crippen LogP contribution is -2.74. The lowest BCUT2D eigenvalue weighted by atomic mass is 9.42. The van der Waals surface area contributed by atoms with Gasteiger partial charge in [0.2, 0.25) is 5.91 Å². The van der Waals surface area contributed by atoms with Crippen LogP contribution in [0.25, 0.3) is 0 Å². The number of fused-ring (bicyclic) bond motifs is 3. The molecular formula is C24H38N4O5. The molecule has 5 aliphatic rings. The van der Waals surface area contributed by atoms with Crippen LogP contribution in [0, 0.1) is 40.4 Å². The number of hydrogen-bond donors (Lipinski definition) is 5. The summed E-state index contributed by atoms with van der Waals surface area (Å²) in [6.45, 7) is 9.23. The highest BCUT2D eigenvalue weighted by molar-refractivity contribution is 5.95. The second-order valence-corrected chi connectivity index (χ2v) is 12.0. The topological polar surface area (TPSA) is 146 Å². The number of primary amides is 1. The minimum atomic E-state index is -0.892. The van der Waals surface area contributed by atoms with Crippen LogP contribution < -0.4 is 16.5 Å². The maximum Gasteiger partial charge on any atom is 0.332 e. The fourth-order valence-electron chi connectivity index (χ4n) is 8.51. The Labute approximate surface area is 194 Å². The van der Waals surface area contributed by atoms with Gasteiger partial charge in [-0.15, -0.1) is 0 Å². The summed E-state index contributed by atoms with van der Waals surface area (Å²) in [5, 5.41) is 29.7. The Morgan fingerprint density at radius 1 is 1.21 bits per heavy atom. The quantitative estimate of drug-likeness (QED) is 0.371. The predicted molar refractivity (Wildman–Crippen MR) is 121 cm³/mol. The Morgan fingerprint density at radius 2 is 1.94 bits per heavy atom. The Hall–Kier alpha value is -1.71. The molecular weight excluding hydrogens is 424 g/mol. The zero-order valence-electron chi connectivity index (χ0n) is 20.0. The summed E-state index contributed by atoms with van der Waals surface area (Å²) >= 11 is 0. The zero-order chi connectivity index (χ0) is 23.9. The van der Waals surface area contributed by atoms with E-state index in [1.165, 1.54) is 0 Å². The number of aliphatic hydroxyl groups is 2. The molecule has 3 amide bonds. The number of carbonyl (C=O) groups excluding carboxylic acids is 2. The van der Waals surface area contributed by atoms with Crippen LogP contribution in [0.3, 0.4) is 0 Å².